The van der Waals surface area contributed by atoms with Gasteiger partial charge in [0.15, 0.2) is 5.60 Å². The molecule has 7 heteroatoms. The molecular weight excluding hydrogens is 551 g/mol. The van der Waals surface area contributed by atoms with Crippen LogP contribution >= 0.6 is 22.6 Å². The Morgan fingerprint density at radius 3 is 2.51 bits per heavy atom. The summed E-state index contributed by atoms with van der Waals surface area (Å²) in [5.74, 6) is 2.65. The van der Waals surface area contributed by atoms with Crippen LogP contribution in [0.1, 0.15) is 22.5 Å². The highest BCUT2D eigenvalue weighted by atomic mass is 127. The van der Waals surface area contributed by atoms with E-state index < -0.39 is 5.60 Å². The number of aryl methyl sites for hydroxylation is 2. The zero-order chi connectivity index (χ0) is 24.7. The third-order valence-electron chi connectivity index (χ3n) is 6.29. The molecule has 1 atom stereocenters. The van der Waals surface area contributed by atoms with Gasteiger partial charge in [-0.1, -0.05) is 30.2 Å². The van der Waals surface area contributed by atoms with Crippen LogP contribution in [0.15, 0.2) is 84.2 Å². The van der Waals surface area contributed by atoms with Crippen LogP contribution in [0, 0.1) is 15.9 Å². The average molecular weight is 572 g/mol. The number of aromatic nitrogens is 4. The summed E-state index contributed by atoms with van der Waals surface area (Å²) >= 11 is 2.23. The smallest absolute Gasteiger partial charge is 0.251 e. The fourth-order valence-corrected chi connectivity index (χ4v) is 4.74. The Labute approximate surface area is 216 Å². The third-order valence-corrected chi connectivity index (χ3v) is 7.01. The van der Waals surface area contributed by atoms with Gasteiger partial charge < -0.3 is 14.2 Å². The number of terminal acetylenes is 1. The summed E-state index contributed by atoms with van der Waals surface area (Å²) in [5.41, 5.74) is 2.83. The summed E-state index contributed by atoms with van der Waals surface area (Å²) in [4.78, 5) is 21.7. The van der Waals surface area contributed by atoms with E-state index in [0.717, 1.165) is 25.6 Å². The van der Waals surface area contributed by atoms with Crippen molar-refractivity contribution >= 4 is 33.5 Å². The van der Waals surface area contributed by atoms with E-state index in [1.807, 2.05) is 61.6 Å². The van der Waals surface area contributed by atoms with E-state index in [-0.39, 0.29) is 5.56 Å². The highest BCUT2D eigenvalue weighted by molar-refractivity contribution is 14.1. The molecule has 172 valence electrons. The van der Waals surface area contributed by atoms with Crippen molar-refractivity contribution in [3.63, 3.8) is 0 Å². The number of rotatable bonds is 4. The minimum atomic E-state index is -1.57. The Kier molecular flexibility index (Phi) is 5.79. The summed E-state index contributed by atoms with van der Waals surface area (Å²) in [7, 11) is 3.54. The van der Waals surface area contributed by atoms with E-state index in [2.05, 4.69) is 38.5 Å². The van der Waals surface area contributed by atoms with Crippen molar-refractivity contribution in [2.75, 3.05) is 0 Å². The Bertz CT molecular complexity index is 1680. The minimum absolute atomic E-state index is 0.160. The molecule has 0 aliphatic carbocycles. The number of hydrogen-bond donors (Lipinski definition) is 1. The lowest BCUT2D eigenvalue weighted by Gasteiger charge is -2.29. The van der Waals surface area contributed by atoms with Gasteiger partial charge in [-0.3, -0.25) is 9.78 Å². The van der Waals surface area contributed by atoms with Crippen LogP contribution in [-0.2, 0) is 19.7 Å². The maximum Gasteiger partial charge on any atom is 0.251 e. The van der Waals surface area contributed by atoms with Crippen LogP contribution in [0.4, 0.5) is 0 Å². The second-order valence-electron chi connectivity index (χ2n) is 8.37. The number of fused-ring (bicyclic) bond motifs is 1. The molecule has 5 aromatic rings. The van der Waals surface area contributed by atoms with Crippen LogP contribution in [0.5, 0.6) is 0 Å². The van der Waals surface area contributed by atoms with Gasteiger partial charge in [-0.25, -0.2) is 4.98 Å². The number of pyridine rings is 2. The van der Waals surface area contributed by atoms with Crippen LogP contribution in [0.25, 0.3) is 22.0 Å². The van der Waals surface area contributed by atoms with Gasteiger partial charge >= 0.3 is 0 Å². The average Bonchev–Trinajstić information content (AvgIpc) is 3.32. The first-order valence-electron chi connectivity index (χ1n) is 10.9. The molecule has 0 amide bonds. The number of imidazole rings is 1. The summed E-state index contributed by atoms with van der Waals surface area (Å²) < 4.78 is 4.38. The van der Waals surface area contributed by atoms with Crippen molar-refractivity contribution in [3.8, 4) is 23.5 Å². The van der Waals surface area contributed by atoms with Crippen molar-refractivity contribution in [2.45, 2.75) is 5.60 Å². The molecule has 0 unspecified atom stereocenters. The predicted molar refractivity (Wildman–Crippen MR) is 145 cm³/mol. The van der Waals surface area contributed by atoms with Gasteiger partial charge in [-0.05, 0) is 69.6 Å². The van der Waals surface area contributed by atoms with Gasteiger partial charge in [0.05, 0.1) is 35.6 Å². The summed E-state index contributed by atoms with van der Waals surface area (Å²) in [6.45, 7) is 0. The Hall–Kier alpha value is -3.74. The number of benzene rings is 2. The van der Waals surface area contributed by atoms with E-state index in [1.54, 1.807) is 41.0 Å². The molecule has 5 rings (SSSR count). The molecule has 2 aromatic carbocycles. The first-order valence-corrected chi connectivity index (χ1v) is 11.9. The van der Waals surface area contributed by atoms with Gasteiger partial charge in [-0.15, -0.1) is 6.42 Å². The topological polar surface area (TPSA) is 72.9 Å². The Morgan fingerprint density at radius 1 is 1.06 bits per heavy atom. The van der Waals surface area contributed by atoms with Crippen molar-refractivity contribution < 1.29 is 5.11 Å². The van der Waals surface area contributed by atoms with Gasteiger partial charge in [-0.2, -0.15) is 0 Å². The fourth-order valence-electron chi connectivity index (χ4n) is 4.39. The molecule has 0 aliphatic heterocycles. The monoisotopic (exact) mass is 572 g/mol. The lowest BCUT2D eigenvalue weighted by molar-refractivity contribution is 0.113. The molecule has 0 spiro atoms. The van der Waals surface area contributed by atoms with Gasteiger partial charge in [0.1, 0.15) is 0 Å². The standard InChI is InChI=1S/C28H21IN4O2/c1-4-18-6-5-7-19(12-18)22-14-27(34)33(3)24-15-31-25(13-23(22)24)28(35,26-16-30-17-32(26)2)20-8-10-21(29)11-9-20/h1,5-17,35H,2-3H3/t28-/m1/s1. The SMILES string of the molecule is C#Cc1cccc(-c2cc(=O)n(C)c3cnc([C@](O)(c4ccc(I)cc4)c4cncn4C)cc23)c1. The normalized spacial score (nSPS) is 12.9. The lowest BCUT2D eigenvalue weighted by atomic mass is 9.86. The van der Waals surface area contributed by atoms with E-state index in [0.29, 0.717) is 22.5 Å². The quantitative estimate of drug-likeness (QED) is 0.259. The van der Waals surface area contributed by atoms with Crippen LogP contribution in [0.3, 0.4) is 0 Å². The second kappa shape index (κ2) is 8.80. The largest absolute Gasteiger partial charge is 0.373 e. The third kappa shape index (κ3) is 3.85. The van der Waals surface area contributed by atoms with Crippen molar-refractivity contribution in [1.29, 1.82) is 0 Å². The minimum Gasteiger partial charge on any atom is -0.373 e. The molecule has 6 nitrogen and oxygen atoms in total. The molecule has 3 aromatic heterocycles. The number of aliphatic hydroxyl groups is 1. The van der Waals surface area contributed by atoms with E-state index in [1.165, 1.54) is 0 Å². The zero-order valence-corrected chi connectivity index (χ0v) is 21.3. The summed E-state index contributed by atoms with van der Waals surface area (Å²) in [6.07, 6.45) is 10.5. The first kappa shape index (κ1) is 23.0. The molecule has 0 radical (unpaired) electrons. The summed E-state index contributed by atoms with van der Waals surface area (Å²) in [6, 6.07) is 18.6. The highest BCUT2D eigenvalue weighted by Gasteiger charge is 2.38. The van der Waals surface area contributed by atoms with Crippen molar-refractivity contribution in [2.24, 2.45) is 14.1 Å². The van der Waals surface area contributed by atoms with E-state index in [4.69, 9.17) is 6.42 Å². The molecule has 0 saturated carbocycles. The van der Waals surface area contributed by atoms with Gasteiger partial charge in [0.2, 0.25) is 0 Å². The number of nitrogens with zero attached hydrogens (tertiary/aromatic N) is 4. The maximum absolute atomic E-state index is 12.8. The second-order valence-corrected chi connectivity index (χ2v) is 9.62. The number of halogens is 1. The molecule has 1 N–H and O–H groups in total. The Balaban J connectivity index is 1.84. The summed E-state index contributed by atoms with van der Waals surface area (Å²) in [5, 5.41) is 13.1. The Morgan fingerprint density at radius 2 is 1.83 bits per heavy atom. The molecule has 3 heterocycles. The maximum atomic E-state index is 12.8. The zero-order valence-electron chi connectivity index (χ0n) is 19.1. The van der Waals surface area contributed by atoms with Crippen LogP contribution in [0.2, 0.25) is 0 Å². The predicted octanol–water partition coefficient (Wildman–Crippen LogP) is 4.20. The molecule has 0 aliphatic rings. The van der Waals surface area contributed by atoms with E-state index in [9.17, 15) is 9.90 Å². The number of hydrogen-bond acceptors (Lipinski definition) is 4. The van der Waals surface area contributed by atoms with Gasteiger partial charge in [0, 0.05) is 34.7 Å². The van der Waals surface area contributed by atoms with Crippen LogP contribution < -0.4 is 5.56 Å². The van der Waals surface area contributed by atoms with Crippen molar-refractivity contribution in [3.05, 3.63) is 116 Å². The molecule has 0 bridgehead atoms. The molecule has 0 fully saturated rings. The van der Waals surface area contributed by atoms with E-state index >= 15 is 0 Å². The highest BCUT2D eigenvalue weighted by Crippen LogP contribution is 2.38. The first-order chi connectivity index (χ1) is 16.8. The van der Waals surface area contributed by atoms with Crippen LogP contribution in [-0.4, -0.2) is 24.2 Å². The molecule has 35 heavy (non-hydrogen) atoms. The van der Waals surface area contributed by atoms with Crippen molar-refractivity contribution in [1.82, 2.24) is 19.1 Å². The lowest BCUT2D eigenvalue weighted by Crippen LogP contribution is -2.32. The molecule has 0 saturated heterocycles. The molecular formula is C28H21IN4O2. The van der Waals surface area contributed by atoms with Gasteiger partial charge in [0.25, 0.3) is 5.56 Å². The fraction of sp³-hybridized carbons (Fsp3) is 0.107.